The highest BCUT2D eigenvalue weighted by Crippen LogP contribution is 2.43. The molecule has 0 amide bonds. The minimum atomic E-state index is -0.445. The SMILES string of the molecule is CC(C)NC(C#N)(CSc1nnnn1C1CC1)C1CC1. The van der Waals surface area contributed by atoms with E-state index in [1.165, 1.54) is 0 Å². The van der Waals surface area contributed by atoms with Crippen molar-refractivity contribution in [3.8, 4) is 6.07 Å². The van der Waals surface area contributed by atoms with Gasteiger partial charge in [0.15, 0.2) is 0 Å². The van der Waals surface area contributed by atoms with Gasteiger partial charge in [-0.05, 0) is 55.9 Å². The Balaban J connectivity index is 1.70. The van der Waals surface area contributed by atoms with Gasteiger partial charge in [0.05, 0.1) is 12.1 Å². The first kappa shape index (κ1) is 13.8. The number of aromatic nitrogens is 4. The predicted molar refractivity (Wildman–Crippen MR) is 76.2 cm³/mol. The van der Waals surface area contributed by atoms with Crippen molar-refractivity contribution in [2.75, 3.05) is 5.75 Å². The lowest BCUT2D eigenvalue weighted by Gasteiger charge is -2.29. The first-order valence-electron chi connectivity index (χ1n) is 7.24. The van der Waals surface area contributed by atoms with Crippen LogP contribution in [-0.2, 0) is 0 Å². The van der Waals surface area contributed by atoms with Gasteiger partial charge in [-0.25, -0.2) is 4.68 Å². The van der Waals surface area contributed by atoms with Crippen LogP contribution in [0.25, 0.3) is 0 Å². The molecular weight excluding hydrogens is 272 g/mol. The minimum Gasteiger partial charge on any atom is -0.296 e. The summed E-state index contributed by atoms with van der Waals surface area (Å²) in [4.78, 5) is 0. The fraction of sp³-hybridized carbons (Fsp3) is 0.846. The number of rotatable bonds is 7. The standard InChI is InChI=1S/C13H20N6S/c1-9(2)15-13(7-14,10-3-4-10)8-20-12-16-17-18-19(12)11-5-6-11/h9-11,15H,3-6,8H2,1-2H3. The van der Waals surface area contributed by atoms with E-state index in [9.17, 15) is 5.26 Å². The van der Waals surface area contributed by atoms with Crippen LogP contribution in [0, 0.1) is 17.2 Å². The van der Waals surface area contributed by atoms with Crippen LogP contribution in [0.1, 0.15) is 45.6 Å². The van der Waals surface area contributed by atoms with Crippen molar-refractivity contribution in [1.29, 1.82) is 5.26 Å². The Morgan fingerprint density at radius 2 is 2.20 bits per heavy atom. The largest absolute Gasteiger partial charge is 0.296 e. The second kappa shape index (κ2) is 5.34. The maximum absolute atomic E-state index is 9.67. The Labute approximate surface area is 123 Å². The van der Waals surface area contributed by atoms with Gasteiger partial charge in [-0.2, -0.15) is 5.26 Å². The summed E-state index contributed by atoms with van der Waals surface area (Å²) < 4.78 is 1.91. The molecule has 0 radical (unpaired) electrons. The van der Waals surface area contributed by atoms with Gasteiger partial charge in [0, 0.05) is 11.8 Å². The highest BCUT2D eigenvalue weighted by Gasteiger charge is 2.46. The van der Waals surface area contributed by atoms with Gasteiger partial charge in [-0.1, -0.05) is 11.8 Å². The molecule has 0 saturated heterocycles. The van der Waals surface area contributed by atoms with Gasteiger partial charge in [0.2, 0.25) is 5.16 Å². The van der Waals surface area contributed by atoms with E-state index in [0.29, 0.717) is 23.8 Å². The second-order valence-corrected chi connectivity index (χ2v) is 7.02. The van der Waals surface area contributed by atoms with E-state index in [4.69, 9.17) is 0 Å². The zero-order chi connectivity index (χ0) is 14.2. The summed E-state index contributed by atoms with van der Waals surface area (Å²) in [5, 5.41) is 25.9. The van der Waals surface area contributed by atoms with Gasteiger partial charge in [0.25, 0.3) is 0 Å². The van der Waals surface area contributed by atoms with Crippen LogP contribution in [0.2, 0.25) is 0 Å². The van der Waals surface area contributed by atoms with Crippen LogP contribution in [0.4, 0.5) is 0 Å². The van der Waals surface area contributed by atoms with Crippen LogP contribution in [0.15, 0.2) is 5.16 Å². The summed E-state index contributed by atoms with van der Waals surface area (Å²) in [7, 11) is 0. The Bertz CT molecular complexity index is 513. The van der Waals surface area contributed by atoms with Crippen LogP contribution >= 0.6 is 11.8 Å². The fourth-order valence-electron chi connectivity index (χ4n) is 2.53. The van der Waals surface area contributed by atoms with Crippen molar-refractivity contribution < 1.29 is 0 Å². The molecule has 1 unspecified atom stereocenters. The number of hydrogen-bond donors (Lipinski definition) is 1. The zero-order valence-electron chi connectivity index (χ0n) is 11.9. The normalized spacial score (nSPS) is 21.7. The molecule has 1 atom stereocenters. The van der Waals surface area contributed by atoms with Crippen molar-refractivity contribution in [2.24, 2.45) is 5.92 Å². The lowest BCUT2D eigenvalue weighted by molar-refractivity contribution is 0.370. The van der Waals surface area contributed by atoms with E-state index in [0.717, 1.165) is 30.8 Å². The molecule has 1 heterocycles. The van der Waals surface area contributed by atoms with Crippen LogP contribution in [0.3, 0.4) is 0 Å². The van der Waals surface area contributed by atoms with Crippen molar-refractivity contribution in [3.05, 3.63) is 0 Å². The van der Waals surface area contributed by atoms with E-state index < -0.39 is 5.54 Å². The van der Waals surface area contributed by atoms with E-state index in [-0.39, 0.29) is 0 Å². The molecule has 108 valence electrons. The lowest BCUT2D eigenvalue weighted by Crippen LogP contribution is -2.51. The zero-order valence-corrected chi connectivity index (χ0v) is 12.7. The summed E-state index contributed by atoms with van der Waals surface area (Å²) in [5.41, 5.74) is -0.445. The van der Waals surface area contributed by atoms with Crippen LogP contribution < -0.4 is 5.32 Å². The topological polar surface area (TPSA) is 79.4 Å². The van der Waals surface area contributed by atoms with Crippen LogP contribution in [0.5, 0.6) is 0 Å². The number of nitrogens with one attached hydrogen (secondary N) is 1. The van der Waals surface area contributed by atoms with Gasteiger partial charge in [-0.3, -0.25) is 5.32 Å². The number of hydrogen-bond acceptors (Lipinski definition) is 6. The highest BCUT2D eigenvalue weighted by molar-refractivity contribution is 7.99. The number of nitriles is 1. The molecule has 2 fully saturated rings. The first-order valence-corrected chi connectivity index (χ1v) is 8.23. The van der Waals surface area contributed by atoms with E-state index in [1.54, 1.807) is 11.8 Å². The number of tetrazole rings is 1. The summed E-state index contributed by atoms with van der Waals surface area (Å²) in [5.74, 6) is 1.17. The van der Waals surface area contributed by atoms with Crippen LogP contribution in [-0.4, -0.2) is 37.5 Å². The molecule has 0 bridgehead atoms. The molecule has 20 heavy (non-hydrogen) atoms. The van der Waals surface area contributed by atoms with Gasteiger partial charge in [0.1, 0.15) is 5.54 Å². The third-order valence-electron chi connectivity index (χ3n) is 3.80. The minimum absolute atomic E-state index is 0.301. The van der Waals surface area contributed by atoms with E-state index in [2.05, 4.69) is 40.8 Å². The molecule has 0 aliphatic heterocycles. The average Bonchev–Trinajstić information content (AvgIpc) is 3.32. The Hall–Kier alpha value is -1.13. The van der Waals surface area contributed by atoms with Crippen molar-refractivity contribution in [1.82, 2.24) is 25.5 Å². The van der Waals surface area contributed by atoms with Gasteiger partial charge < -0.3 is 0 Å². The van der Waals surface area contributed by atoms with Gasteiger partial charge in [-0.15, -0.1) is 5.10 Å². The molecule has 6 nitrogen and oxygen atoms in total. The first-order chi connectivity index (χ1) is 9.64. The van der Waals surface area contributed by atoms with E-state index in [1.807, 2.05) is 4.68 Å². The molecule has 1 aromatic heterocycles. The molecular formula is C13H20N6S. The highest BCUT2D eigenvalue weighted by atomic mass is 32.2. The monoisotopic (exact) mass is 292 g/mol. The molecule has 3 rings (SSSR count). The van der Waals surface area contributed by atoms with Crippen molar-refractivity contribution in [2.45, 2.75) is 62.3 Å². The lowest BCUT2D eigenvalue weighted by atomic mass is 9.96. The van der Waals surface area contributed by atoms with Crippen molar-refractivity contribution >= 4 is 11.8 Å². The predicted octanol–water partition coefficient (Wildman–Crippen LogP) is 1.77. The Kier molecular flexibility index (Phi) is 3.69. The molecule has 1 N–H and O–H groups in total. The van der Waals surface area contributed by atoms with E-state index >= 15 is 0 Å². The summed E-state index contributed by atoms with van der Waals surface area (Å²) in [6, 6.07) is 3.30. The quantitative estimate of drug-likeness (QED) is 0.772. The molecule has 0 aromatic carbocycles. The molecule has 1 aromatic rings. The smallest absolute Gasteiger partial charge is 0.209 e. The molecule has 7 heteroatoms. The number of thioether (sulfide) groups is 1. The average molecular weight is 292 g/mol. The third-order valence-corrected chi connectivity index (χ3v) is 4.93. The maximum atomic E-state index is 9.67. The molecule has 2 aliphatic rings. The summed E-state index contributed by atoms with van der Waals surface area (Å²) in [6.45, 7) is 4.18. The molecule has 2 saturated carbocycles. The molecule has 0 spiro atoms. The fourth-order valence-corrected chi connectivity index (χ4v) is 3.68. The third kappa shape index (κ3) is 2.81. The molecule has 2 aliphatic carbocycles. The summed E-state index contributed by atoms with van der Waals surface area (Å²) >= 11 is 1.61. The maximum Gasteiger partial charge on any atom is 0.209 e. The Morgan fingerprint density at radius 1 is 1.45 bits per heavy atom. The summed E-state index contributed by atoms with van der Waals surface area (Å²) in [6.07, 6.45) is 4.60. The Morgan fingerprint density at radius 3 is 2.75 bits per heavy atom. The second-order valence-electron chi connectivity index (χ2n) is 6.08. The van der Waals surface area contributed by atoms with Crippen molar-refractivity contribution in [3.63, 3.8) is 0 Å². The van der Waals surface area contributed by atoms with Gasteiger partial charge >= 0.3 is 0 Å². The number of nitrogens with zero attached hydrogens (tertiary/aromatic N) is 5.